The highest BCUT2D eigenvalue weighted by atomic mass is 16.2. The van der Waals surface area contributed by atoms with E-state index in [4.69, 9.17) is 4.99 Å². The van der Waals surface area contributed by atoms with Crippen LogP contribution in [0.4, 0.5) is 0 Å². The molecule has 23 heavy (non-hydrogen) atoms. The van der Waals surface area contributed by atoms with Gasteiger partial charge in [0.15, 0.2) is 0 Å². The van der Waals surface area contributed by atoms with E-state index < -0.39 is 0 Å². The van der Waals surface area contributed by atoms with Crippen molar-refractivity contribution in [2.45, 2.75) is 39.2 Å². The summed E-state index contributed by atoms with van der Waals surface area (Å²) in [5.74, 6) is 0.598. The average Bonchev–Trinajstić information content (AvgIpc) is 3.08. The molecule has 122 valence electrons. The third kappa shape index (κ3) is 2.62. The largest absolute Gasteiger partial charge is 0.338 e. The van der Waals surface area contributed by atoms with Crippen LogP contribution >= 0.6 is 0 Å². The van der Waals surface area contributed by atoms with E-state index >= 15 is 0 Å². The molecule has 3 atom stereocenters. The van der Waals surface area contributed by atoms with Gasteiger partial charge in [-0.05, 0) is 37.7 Å². The zero-order chi connectivity index (χ0) is 16.4. The number of hydrogen-bond donors (Lipinski definition) is 0. The van der Waals surface area contributed by atoms with Gasteiger partial charge in [0.1, 0.15) is 0 Å². The molecule has 1 saturated carbocycles. The number of carbonyl (C=O) groups is 1. The van der Waals surface area contributed by atoms with E-state index in [-0.39, 0.29) is 17.4 Å². The summed E-state index contributed by atoms with van der Waals surface area (Å²) >= 11 is 0. The fourth-order valence-electron chi connectivity index (χ4n) is 4.26. The minimum absolute atomic E-state index is 0.106. The summed E-state index contributed by atoms with van der Waals surface area (Å²) in [7, 11) is 0. The van der Waals surface area contributed by atoms with Crippen molar-refractivity contribution < 1.29 is 4.79 Å². The smallest absolute Gasteiger partial charge is 0.235 e. The Morgan fingerprint density at radius 1 is 1.43 bits per heavy atom. The van der Waals surface area contributed by atoms with Crippen molar-refractivity contribution >= 4 is 11.6 Å². The van der Waals surface area contributed by atoms with Gasteiger partial charge in [-0.25, -0.2) is 0 Å². The number of benzene rings is 1. The Hall–Kier alpha value is -1.90. The first-order valence-corrected chi connectivity index (χ1v) is 8.62. The third-order valence-electron chi connectivity index (χ3n) is 5.48. The molecule has 0 unspecified atom stereocenters. The van der Waals surface area contributed by atoms with Gasteiger partial charge in [-0.1, -0.05) is 43.3 Å². The van der Waals surface area contributed by atoms with Gasteiger partial charge in [-0.2, -0.15) is 0 Å². The zero-order valence-electron chi connectivity index (χ0n) is 14.2. The molecule has 1 saturated heterocycles. The normalized spacial score (nSPS) is 30.3. The van der Waals surface area contributed by atoms with Crippen LogP contribution in [0.5, 0.6) is 0 Å². The lowest BCUT2D eigenvalue weighted by molar-refractivity contribution is -0.133. The fourth-order valence-corrected chi connectivity index (χ4v) is 4.26. The molecule has 1 amide bonds. The Labute approximate surface area is 139 Å². The van der Waals surface area contributed by atoms with Crippen LogP contribution in [-0.4, -0.2) is 29.6 Å². The van der Waals surface area contributed by atoms with Crippen molar-refractivity contribution in [1.29, 1.82) is 0 Å². The molecule has 2 fully saturated rings. The standard InChI is InChI=1S/C20H26N2O/c1-4-13-22-14-15(2)20(19(22)23)12-8-11-18(20)21-16(3)17-9-6-5-7-10-17/h4-7,9-10,15-16H,1,8,11-14H2,2-3H3/t15-,16+,20+/m0/s1. The van der Waals surface area contributed by atoms with E-state index in [0.29, 0.717) is 12.5 Å². The van der Waals surface area contributed by atoms with E-state index in [0.717, 1.165) is 31.5 Å². The molecular weight excluding hydrogens is 284 g/mol. The molecule has 1 aromatic carbocycles. The number of carbonyl (C=O) groups excluding carboxylic acids is 1. The quantitative estimate of drug-likeness (QED) is 0.773. The van der Waals surface area contributed by atoms with Gasteiger partial charge in [0.25, 0.3) is 0 Å². The minimum atomic E-state index is -0.355. The highest BCUT2D eigenvalue weighted by Gasteiger charge is 2.56. The summed E-state index contributed by atoms with van der Waals surface area (Å²) in [6.45, 7) is 9.58. The molecule has 0 N–H and O–H groups in total. The Kier molecular flexibility index (Phi) is 4.38. The average molecular weight is 310 g/mol. The Morgan fingerprint density at radius 2 is 2.17 bits per heavy atom. The summed E-state index contributed by atoms with van der Waals surface area (Å²) < 4.78 is 0. The first-order chi connectivity index (χ1) is 11.1. The van der Waals surface area contributed by atoms with Crippen molar-refractivity contribution in [3.63, 3.8) is 0 Å². The van der Waals surface area contributed by atoms with Crippen LogP contribution in [-0.2, 0) is 4.79 Å². The molecule has 1 aromatic rings. The SMILES string of the molecule is C=CCN1C[C@H](C)[C@@]2(CCCC2=N[C@H](C)c2ccccc2)C1=O. The second-order valence-electron chi connectivity index (χ2n) is 6.89. The van der Waals surface area contributed by atoms with Crippen LogP contribution in [0.15, 0.2) is 48.0 Å². The number of amides is 1. The van der Waals surface area contributed by atoms with Crippen LogP contribution in [0.1, 0.15) is 44.7 Å². The summed E-state index contributed by atoms with van der Waals surface area (Å²) in [6, 6.07) is 10.4. The third-order valence-corrected chi connectivity index (χ3v) is 5.48. The second-order valence-corrected chi connectivity index (χ2v) is 6.89. The number of nitrogens with zero attached hydrogens (tertiary/aromatic N) is 2. The fraction of sp³-hybridized carbons (Fsp3) is 0.500. The Morgan fingerprint density at radius 3 is 2.87 bits per heavy atom. The van der Waals surface area contributed by atoms with E-state index in [1.165, 1.54) is 5.56 Å². The van der Waals surface area contributed by atoms with Gasteiger partial charge in [-0.3, -0.25) is 9.79 Å². The zero-order valence-corrected chi connectivity index (χ0v) is 14.2. The van der Waals surface area contributed by atoms with Crippen molar-refractivity contribution in [1.82, 2.24) is 4.90 Å². The molecule has 1 heterocycles. The van der Waals surface area contributed by atoms with E-state index in [9.17, 15) is 4.79 Å². The molecule has 0 radical (unpaired) electrons. The van der Waals surface area contributed by atoms with Gasteiger partial charge in [0.2, 0.25) is 5.91 Å². The maximum Gasteiger partial charge on any atom is 0.235 e. The van der Waals surface area contributed by atoms with Gasteiger partial charge in [0.05, 0.1) is 11.5 Å². The molecule has 0 aromatic heterocycles. The molecule has 1 aliphatic heterocycles. The monoisotopic (exact) mass is 310 g/mol. The Bertz CT molecular complexity index is 622. The van der Waals surface area contributed by atoms with Crippen molar-refractivity contribution in [2.75, 3.05) is 13.1 Å². The van der Waals surface area contributed by atoms with Gasteiger partial charge < -0.3 is 4.90 Å². The van der Waals surface area contributed by atoms with Crippen LogP contribution in [0.2, 0.25) is 0 Å². The van der Waals surface area contributed by atoms with Crippen molar-refractivity contribution in [2.24, 2.45) is 16.3 Å². The van der Waals surface area contributed by atoms with Gasteiger partial charge in [-0.15, -0.1) is 6.58 Å². The van der Waals surface area contributed by atoms with Crippen LogP contribution in [0, 0.1) is 11.3 Å². The predicted octanol–water partition coefficient (Wildman–Crippen LogP) is 4.02. The van der Waals surface area contributed by atoms with Crippen LogP contribution in [0.3, 0.4) is 0 Å². The maximum absolute atomic E-state index is 13.1. The van der Waals surface area contributed by atoms with E-state index in [2.05, 4.69) is 32.6 Å². The minimum Gasteiger partial charge on any atom is -0.338 e. The molecule has 3 heteroatoms. The first-order valence-electron chi connectivity index (χ1n) is 8.62. The lowest BCUT2D eigenvalue weighted by Crippen LogP contribution is -2.39. The highest BCUT2D eigenvalue weighted by molar-refractivity contribution is 6.11. The van der Waals surface area contributed by atoms with E-state index in [1.54, 1.807) is 0 Å². The van der Waals surface area contributed by atoms with Crippen molar-refractivity contribution in [3.05, 3.63) is 48.6 Å². The lowest BCUT2D eigenvalue weighted by atomic mass is 9.75. The van der Waals surface area contributed by atoms with Crippen molar-refractivity contribution in [3.8, 4) is 0 Å². The highest BCUT2D eigenvalue weighted by Crippen LogP contribution is 2.48. The lowest BCUT2D eigenvalue weighted by Gasteiger charge is -2.27. The van der Waals surface area contributed by atoms with Gasteiger partial charge in [0, 0.05) is 18.8 Å². The topological polar surface area (TPSA) is 32.7 Å². The predicted molar refractivity (Wildman–Crippen MR) is 94.5 cm³/mol. The summed E-state index contributed by atoms with van der Waals surface area (Å²) in [4.78, 5) is 20.0. The van der Waals surface area contributed by atoms with Crippen LogP contribution < -0.4 is 0 Å². The molecule has 1 spiro atoms. The molecular formula is C20H26N2O. The molecule has 3 rings (SSSR count). The summed E-state index contributed by atoms with van der Waals surface area (Å²) in [6.07, 6.45) is 4.79. The van der Waals surface area contributed by atoms with Crippen LogP contribution in [0.25, 0.3) is 0 Å². The maximum atomic E-state index is 13.1. The number of rotatable bonds is 4. The molecule has 1 aliphatic carbocycles. The summed E-state index contributed by atoms with van der Waals surface area (Å²) in [5.41, 5.74) is 1.98. The summed E-state index contributed by atoms with van der Waals surface area (Å²) in [5, 5.41) is 0. The second kappa shape index (κ2) is 6.31. The molecule has 3 nitrogen and oxygen atoms in total. The molecule has 0 bridgehead atoms. The first kappa shape index (κ1) is 16.0. The number of aliphatic imine (C=N–C) groups is 1. The van der Waals surface area contributed by atoms with Gasteiger partial charge >= 0.3 is 0 Å². The Balaban J connectivity index is 1.92. The number of hydrogen-bond acceptors (Lipinski definition) is 2. The number of likely N-dealkylation sites (tertiary alicyclic amines) is 1. The molecule has 2 aliphatic rings. The van der Waals surface area contributed by atoms with E-state index in [1.807, 2.05) is 29.2 Å².